The highest BCUT2D eigenvalue weighted by Crippen LogP contribution is 2.20. The Morgan fingerprint density at radius 2 is 2.25 bits per heavy atom. The molecule has 1 aromatic rings. The van der Waals surface area contributed by atoms with Crippen LogP contribution in [0.25, 0.3) is 0 Å². The summed E-state index contributed by atoms with van der Waals surface area (Å²) < 4.78 is 5.29. The number of methoxy groups -OCH3 is 1. The van der Waals surface area contributed by atoms with Crippen LogP contribution in [-0.4, -0.2) is 25.6 Å². The summed E-state index contributed by atoms with van der Waals surface area (Å²) in [6.45, 7) is 3.64. The number of hydrogen-bond donors (Lipinski definition) is 2. The van der Waals surface area contributed by atoms with Gasteiger partial charge >= 0.3 is 0 Å². The zero-order valence-electron chi connectivity index (χ0n) is 12.3. The molecule has 0 spiro atoms. The van der Waals surface area contributed by atoms with Gasteiger partial charge in [-0.15, -0.1) is 0 Å². The zero-order chi connectivity index (χ0) is 14.4. The average molecular weight is 276 g/mol. The lowest BCUT2D eigenvalue weighted by molar-refractivity contribution is -0.124. The van der Waals surface area contributed by atoms with Crippen molar-refractivity contribution in [2.45, 2.75) is 38.8 Å². The Labute approximate surface area is 120 Å². The second-order valence-electron chi connectivity index (χ2n) is 5.34. The molecule has 1 saturated heterocycles. The Morgan fingerprint density at radius 3 is 3.00 bits per heavy atom. The van der Waals surface area contributed by atoms with E-state index in [9.17, 15) is 4.79 Å². The fourth-order valence-corrected chi connectivity index (χ4v) is 2.72. The van der Waals surface area contributed by atoms with Gasteiger partial charge in [-0.25, -0.2) is 0 Å². The summed E-state index contributed by atoms with van der Waals surface area (Å²) in [6, 6.07) is 7.72. The molecule has 0 radical (unpaired) electrons. The Hall–Kier alpha value is -1.55. The van der Waals surface area contributed by atoms with E-state index < -0.39 is 0 Å². The third-order valence-corrected chi connectivity index (χ3v) is 4.05. The van der Waals surface area contributed by atoms with E-state index in [1.807, 2.05) is 24.3 Å². The molecular weight excluding hydrogens is 252 g/mol. The number of benzene rings is 1. The van der Waals surface area contributed by atoms with Gasteiger partial charge in [-0.2, -0.15) is 0 Å². The molecule has 4 heteroatoms. The lowest BCUT2D eigenvalue weighted by Crippen LogP contribution is -2.48. The van der Waals surface area contributed by atoms with Crippen LogP contribution in [0.3, 0.4) is 0 Å². The summed E-state index contributed by atoms with van der Waals surface area (Å²) in [5.41, 5.74) is 1.01. The SMILES string of the molecule is CCC1CCNC(C(=O)NCc2ccccc2OC)C1. The second kappa shape index (κ2) is 7.29. The van der Waals surface area contributed by atoms with Crippen molar-refractivity contribution in [1.29, 1.82) is 0 Å². The van der Waals surface area contributed by atoms with E-state index in [4.69, 9.17) is 4.74 Å². The van der Waals surface area contributed by atoms with Crippen molar-refractivity contribution in [3.63, 3.8) is 0 Å². The highest BCUT2D eigenvalue weighted by atomic mass is 16.5. The van der Waals surface area contributed by atoms with Crippen molar-refractivity contribution in [2.75, 3.05) is 13.7 Å². The highest BCUT2D eigenvalue weighted by molar-refractivity contribution is 5.81. The second-order valence-corrected chi connectivity index (χ2v) is 5.34. The quantitative estimate of drug-likeness (QED) is 0.866. The predicted octanol–water partition coefficient (Wildman–Crippen LogP) is 2.09. The van der Waals surface area contributed by atoms with Crippen LogP contribution < -0.4 is 15.4 Å². The van der Waals surface area contributed by atoms with Gasteiger partial charge in [-0.3, -0.25) is 4.79 Å². The molecule has 20 heavy (non-hydrogen) atoms. The van der Waals surface area contributed by atoms with Crippen LogP contribution in [0.4, 0.5) is 0 Å². The van der Waals surface area contributed by atoms with Gasteiger partial charge in [0, 0.05) is 12.1 Å². The van der Waals surface area contributed by atoms with Crippen molar-refractivity contribution < 1.29 is 9.53 Å². The van der Waals surface area contributed by atoms with Gasteiger partial charge in [0.05, 0.1) is 13.2 Å². The zero-order valence-corrected chi connectivity index (χ0v) is 12.3. The number of carbonyl (C=O) groups is 1. The largest absolute Gasteiger partial charge is 0.496 e. The Morgan fingerprint density at radius 1 is 1.45 bits per heavy atom. The summed E-state index contributed by atoms with van der Waals surface area (Å²) in [6.07, 6.45) is 3.26. The molecule has 1 aromatic carbocycles. The summed E-state index contributed by atoms with van der Waals surface area (Å²) in [5.74, 6) is 1.57. The molecule has 0 bridgehead atoms. The van der Waals surface area contributed by atoms with E-state index in [2.05, 4.69) is 17.6 Å². The van der Waals surface area contributed by atoms with Crippen LogP contribution in [0, 0.1) is 5.92 Å². The van der Waals surface area contributed by atoms with Gasteiger partial charge in [-0.05, 0) is 31.4 Å². The molecule has 2 N–H and O–H groups in total. The first-order chi connectivity index (χ1) is 9.74. The minimum atomic E-state index is -0.0524. The van der Waals surface area contributed by atoms with E-state index in [1.54, 1.807) is 7.11 Å². The van der Waals surface area contributed by atoms with Crippen LogP contribution in [-0.2, 0) is 11.3 Å². The molecule has 2 unspecified atom stereocenters. The summed E-state index contributed by atoms with van der Waals surface area (Å²) in [5, 5.41) is 6.31. The van der Waals surface area contributed by atoms with Gasteiger partial charge in [0.15, 0.2) is 0 Å². The monoisotopic (exact) mass is 276 g/mol. The van der Waals surface area contributed by atoms with Crippen molar-refractivity contribution >= 4 is 5.91 Å². The number of carbonyl (C=O) groups excluding carboxylic acids is 1. The van der Waals surface area contributed by atoms with Crippen molar-refractivity contribution in [2.24, 2.45) is 5.92 Å². The van der Waals surface area contributed by atoms with Gasteiger partial charge in [-0.1, -0.05) is 31.5 Å². The third-order valence-electron chi connectivity index (χ3n) is 4.05. The van der Waals surface area contributed by atoms with Gasteiger partial charge in [0.25, 0.3) is 0 Å². The lowest BCUT2D eigenvalue weighted by Gasteiger charge is -2.28. The maximum absolute atomic E-state index is 12.2. The summed E-state index contributed by atoms with van der Waals surface area (Å²) in [7, 11) is 1.65. The van der Waals surface area contributed by atoms with Crippen molar-refractivity contribution in [1.82, 2.24) is 10.6 Å². The first-order valence-corrected chi connectivity index (χ1v) is 7.37. The molecule has 1 aliphatic rings. The average Bonchev–Trinajstić information content (AvgIpc) is 2.52. The standard InChI is InChI=1S/C16H24N2O2/c1-3-12-8-9-17-14(10-12)16(19)18-11-13-6-4-5-7-15(13)20-2/h4-7,12,14,17H,3,8-11H2,1-2H3,(H,18,19). The highest BCUT2D eigenvalue weighted by Gasteiger charge is 2.25. The molecule has 0 aliphatic carbocycles. The number of nitrogens with one attached hydrogen (secondary N) is 2. The molecule has 1 heterocycles. The maximum Gasteiger partial charge on any atom is 0.237 e. The summed E-state index contributed by atoms with van der Waals surface area (Å²) in [4.78, 5) is 12.2. The summed E-state index contributed by atoms with van der Waals surface area (Å²) >= 11 is 0. The number of para-hydroxylation sites is 1. The van der Waals surface area contributed by atoms with Gasteiger partial charge < -0.3 is 15.4 Å². The van der Waals surface area contributed by atoms with Crippen molar-refractivity contribution in [3.8, 4) is 5.75 Å². The Bertz CT molecular complexity index is 448. The van der Waals surface area contributed by atoms with Gasteiger partial charge in [0.2, 0.25) is 5.91 Å². The smallest absolute Gasteiger partial charge is 0.237 e. The molecule has 1 aliphatic heterocycles. The molecule has 2 atom stereocenters. The van der Waals surface area contributed by atoms with E-state index in [0.717, 1.165) is 30.7 Å². The van der Waals surface area contributed by atoms with Crippen LogP contribution >= 0.6 is 0 Å². The number of ether oxygens (including phenoxy) is 1. The molecule has 110 valence electrons. The topological polar surface area (TPSA) is 50.4 Å². The van der Waals surface area contributed by atoms with Gasteiger partial charge in [0.1, 0.15) is 5.75 Å². The Balaban J connectivity index is 1.88. The number of amides is 1. The van der Waals surface area contributed by atoms with Crippen LogP contribution in [0.1, 0.15) is 31.7 Å². The van der Waals surface area contributed by atoms with E-state index in [1.165, 1.54) is 6.42 Å². The Kier molecular flexibility index (Phi) is 5.41. The number of piperidine rings is 1. The van der Waals surface area contributed by atoms with E-state index >= 15 is 0 Å². The molecule has 2 rings (SSSR count). The number of rotatable bonds is 5. The first-order valence-electron chi connectivity index (χ1n) is 7.37. The minimum Gasteiger partial charge on any atom is -0.496 e. The fraction of sp³-hybridized carbons (Fsp3) is 0.562. The fourth-order valence-electron chi connectivity index (χ4n) is 2.72. The van der Waals surface area contributed by atoms with Crippen molar-refractivity contribution in [3.05, 3.63) is 29.8 Å². The third kappa shape index (κ3) is 3.73. The van der Waals surface area contributed by atoms with E-state index in [0.29, 0.717) is 12.5 Å². The van der Waals surface area contributed by atoms with Crippen LogP contribution in [0.2, 0.25) is 0 Å². The lowest BCUT2D eigenvalue weighted by atomic mass is 9.90. The first kappa shape index (κ1) is 14.9. The molecule has 1 fully saturated rings. The molecule has 4 nitrogen and oxygen atoms in total. The molecular formula is C16H24N2O2. The normalized spacial score (nSPS) is 22.3. The molecule has 1 amide bonds. The predicted molar refractivity (Wildman–Crippen MR) is 79.6 cm³/mol. The maximum atomic E-state index is 12.2. The van der Waals surface area contributed by atoms with E-state index in [-0.39, 0.29) is 11.9 Å². The van der Waals surface area contributed by atoms with Crippen LogP contribution in [0.5, 0.6) is 5.75 Å². The minimum absolute atomic E-state index is 0.0524. The molecule has 0 saturated carbocycles. The van der Waals surface area contributed by atoms with Crippen LogP contribution in [0.15, 0.2) is 24.3 Å². The molecule has 0 aromatic heterocycles. The number of hydrogen-bond acceptors (Lipinski definition) is 3.